The van der Waals surface area contributed by atoms with Crippen LogP contribution >= 0.6 is 11.8 Å². The molecule has 1 heterocycles. The lowest BCUT2D eigenvalue weighted by molar-refractivity contribution is -0.893. The van der Waals surface area contributed by atoms with E-state index in [2.05, 4.69) is 65.4 Å². The Morgan fingerprint density at radius 1 is 1.28 bits per heavy atom. The van der Waals surface area contributed by atoms with Crippen LogP contribution < -0.4 is 10.2 Å². The van der Waals surface area contributed by atoms with E-state index in [-0.39, 0.29) is 5.91 Å². The molecule has 1 aromatic carbocycles. The summed E-state index contributed by atoms with van der Waals surface area (Å²) < 4.78 is 2.22. The van der Waals surface area contributed by atoms with Crippen molar-refractivity contribution in [1.29, 1.82) is 0 Å². The van der Waals surface area contributed by atoms with Gasteiger partial charge in [0.25, 0.3) is 0 Å². The normalized spacial score (nSPS) is 12.4. The van der Waals surface area contributed by atoms with Gasteiger partial charge in [-0.3, -0.25) is 9.36 Å². The second kappa shape index (κ2) is 9.58. The van der Waals surface area contributed by atoms with Crippen molar-refractivity contribution in [2.45, 2.75) is 38.0 Å². The number of carbonyl (C=O) groups excluding carboxylic acids is 1. The van der Waals surface area contributed by atoms with E-state index in [0.29, 0.717) is 12.6 Å². The molecule has 0 radical (unpaired) electrons. The number of quaternary nitrogens is 1. The van der Waals surface area contributed by atoms with Crippen molar-refractivity contribution in [3.63, 3.8) is 0 Å². The summed E-state index contributed by atoms with van der Waals surface area (Å²) in [5, 5.41) is 12.7. The first-order valence-corrected chi connectivity index (χ1v) is 9.65. The largest absolute Gasteiger partial charge is 0.356 e. The average Bonchev–Trinajstić information content (AvgIpc) is 2.95. The highest BCUT2D eigenvalue weighted by atomic mass is 32.2. The van der Waals surface area contributed by atoms with Crippen LogP contribution in [0.2, 0.25) is 0 Å². The molecule has 0 aliphatic rings. The lowest BCUT2D eigenvalue weighted by atomic mass is 10.2. The Morgan fingerprint density at radius 3 is 2.60 bits per heavy atom. The van der Waals surface area contributed by atoms with E-state index in [1.54, 1.807) is 11.8 Å². The number of nitrogens with one attached hydrogen (secondary N) is 2. The van der Waals surface area contributed by atoms with Crippen molar-refractivity contribution >= 4 is 17.7 Å². The van der Waals surface area contributed by atoms with Crippen molar-refractivity contribution in [2.24, 2.45) is 0 Å². The first kappa shape index (κ1) is 19.5. The molecule has 25 heavy (non-hydrogen) atoms. The maximum Gasteiger partial charge on any atom is 0.216 e. The number of nitrogens with zero attached hydrogens (tertiary/aromatic N) is 3. The molecule has 1 aromatic heterocycles. The molecule has 0 saturated carbocycles. The number of rotatable bonds is 9. The topological polar surface area (TPSA) is 64.2 Å². The van der Waals surface area contributed by atoms with Crippen LogP contribution in [0.25, 0.3) is 0 Å². The molecule has 0 fully saturated rings. The number of benzene rings is 1. The number of hydrogen-bond acceptors (Lipinski definition) is 4. The first-order chi connectivity index (χ1) is 12.0. The number of thioether (sulfide) groups is 1. The fraction of sp³-hybridized carbons (Fsp3) is 0.500. The third-order valence-corrected chi connectivity index (χ3v) is 5.02. The summed E-state index contributed by atoms with van der Waals surface area (Å²) in [6, 6.07) is 10.7. The summed E-state index contributed by atoms with van der Waals surface area (Å²) in [4.78, 5) is 12.4. The van der Waals surface area contributed by atoms with Crippen LogP contribution in [0.15, 0.2) is 35.5 Å². The van der Waals surface area contributed by atoms with Crippen molar-refractivity contribution in [1.82, 2.24) is 20.1 Å². The van der Waals surface area contributed by atoms with E-state index in [4.69, 9.17) is 0 Å². The van der Waals surface area contributed by atoms with Crippen molar-refractivity contribution in [3.05, 3.63) is 41.7 Å². The van der Waals surface area contributed by atoms with Crippen LogP contribution in [0.1, 0.15) is 37.7 Å². The van der Waals surface area contributed by atoms with E-state index in [0.717, 1.165) is 29.7 Å². The highest BCUT2D eigenvalue weighted by Crippen LogP contribution is 2.22. The molecule has 0 aliphatic heterocycles. The molecule has 2 N–H and O–H groups in total. The van der Waals surface area contributed by atoms with Gasteiger partial charge in [0.05, 0.1) is 20.6 Å². The van der Waals surface area contributed by atoms with Gasteiger partial charge in [-0.15, -0.1) is 10.2 Å². The molecule has 1 atom stereocenters. The zero-order valence-corrected chi connectivity index (χ0v) is 16.3. The van der Waals surface area contributed by atoms with E-state index in [1.165, 1.54) is 17.4 Å². The highest BCUT2D eigenvalue weighted by molar-refractivity contribution is 7.99. The van der Waals surface area contributed by atoms with Gasteiger partial charge in [0.1, 0.15) is 6.04 Å². The van der Waals surface area contributed by atoms with Gasteiger partial charge in [0.15, 0.2) is 11.0 Å². The Labute approximate surface area is 154 Å². The van der Waals surface area contributed by atoms with Crippen molar-refractivity contribution in [2.75, 3.05) is 26.4 Å². The molecule has 2 aromatic rings. The molecule has 7 heteroatoms. The predicted molar refractivity (Wildman–Crippen MR) is 101 cm³/mol. The summed E-state index contributed by atoms with van der Waals surface area (Å²) in [5.41, 5.74) is 1.23. The Morgan fingerprint density at radius 2 is 2.00 bits per heavy atom. The van der Waals surface area contributed by atoms with Crippen LogP contribution in [0, 0.1) is 0 Å². The smallest absolute Gasteiger partial charge is 0.216 e. The number of aromatic nitrogens is 3. The van der Waals surface area contributed by atoms with Gasteiger partial charge >= 0.3 is 0 Å². The lowest BCUT2D eigenvalue weighted by Gasteiger charge is -2.20. The Kier molecular flexibility index (Phi) is 7.46. The van der Waals surface area contributed by atoms with E-state index in [1.807, 2.05) is 6.07 Å². The summed E-state index contributed by atoms with van der Waals surface area (Å²) in [5.74, 6) is 1.79. The second-order valence-electron chi connectivity index (χ2n) is 6.28. The fourth-order valence-corrected chi connectivity index (χ4v) is 3.60. The standard InChI is InChI=1S/C18H27N5OS/c1-5-16(22(3)4)17-20-21-18(25-12-11-19-14(2)24)23(17)13-15-9-7-6-8-10-15/h6-10,16H,5,11-13H2,1-4H3,(H,19,24)/p+1/t16-/m0/s1. The first-order valence-electron chi connectivity index (χ1n) is 8.67. The summed E-state index contributed by atoms with van der Waals surface area (Å²) >= 11 is 1.63. The van der Waals surface area contributed by atoms with Gasteiger partial charge in [0, 0.05) is 25.6 Å². The molecular weight excluding hydrogens is 334 g/mol. The average molecular weight is 363 g/mol. The molecule has 0 unspecified atom stereocenters. The van der Waals surface area contributed by atoms with Crippen LogP contribution in [0.3, 0.4) is 0 Å². The molecule has 0 saturated heterocycles. The highest BCUT2D eigenvalue weighted by Gasteiger charge is 2.24. The van der Waals surface area contributed by atoms with Crippen molar-refractivity contribution in [3.8, 4) is 0 Å². The number of hydrogen-bond donors (Lipinski definition) is 2. The predicted octanol–water partition coefficient (Wildman–Crippen LogP) is 1.15. The minimum absolute atomic E-state index is 0.00528. The third-order valence-electron chi connectivity index (χ3n) is 4.05. The molecule has 6 nitrogen and oxygen atoms in total. The van der Waals surface area contributed by atoms with Gasteiger partial charge in [-0.25, -0.2) is 0 Å². The van der Waals surface area contributed by atoms with E-state index < -0.39 is 0 Å². The molecule has 0 aliphatic carbocycles. The fourth-order valence-electron chi connectivity index (χ4n) is 2.80. The third kappa shape index (κ3) is 5.57. The zero-order valence-electron chi connectivity index (χ0n) is 15.5. The summed E-state index contributed by atoms with van der Waals surface area (Å²) in [7, 11) is 4.30. The molecule has 1 amide bonds. The monoisotopic (exact) mass is 362 g/mol. The molecule has 2 rings (SSSR count). The minimum atomic E-state index is -0.00528. The van der Waals surface area contributed by atoms with Gasteiger partial charge < -0.3 is 10.2 Å². The maximum absolute atomic E-state index is 11.0. The Hall–Kier alpha value is -1.86. The van der Waals surface area contributed by atoms with Crippen LogP contribution in [-0.4, -0.2) is 47.1 Å². The lowest BCUT2D eigenvalue weighted by Crippen LogP contribution is -3.06. The van der Waals surface area contributed by atoms with Gasteiger partial charge in [-0.05, 0) is 5.56 Å². The maximum atomic E-state index is 11.0. The van der Waals surface area contributed by atoms with E-state index >= 15 is 0 Å². The van der Waals surface area contributed by atoms with Crippen LogP contribution in [0.4, 0.5) is 0 Å². The van der Waals surface area contributed by atoms with Gasteiger partial charge in [-0.1, -0.05) is 49.0 Å². The molecular formula is C18H28N5OS+. The Balaban J connectivity index is 2.22. The molecule has 136 valence electrons. The van der Waals surface area contributed by atoms with Crippen molar-refractivity contribution < 1.29 is 9.69 Å². The van der Waals surface area contributed by atoms with E-state index in [9.17, 15) is 4.79 Å². The molecule has 0 spiro atoms. The quantitative estimate of drug-likeness (QED) is 0.519. The zero-order chi connectivity index (χ0) is 18.2. The Bertz CT molecular complexity index is 671. The van der Waals surface area contributed by atoms with Gasteiger partial charge in [-0.2, -0.15) is 0 Å². The van der Waals surface area contributed by atoms with Gasteiger partial charge in [0.2, 0.25) is 5.91 Å². The summed E-state index contributed by atoms with van der Waals surface area (Å²) in [6.45, 7) is 5.11. The van der Waals surface area contributed by atoms with Crippen LogP contribution in [-0.2, 0) is 11.3 Å². The number of amides is 1. The minimum Gasteiger partial charge on any atom is -0.356 e. The van der Waals surface area contributed by atoms with Crippen LogP contribution in [0.5, 0.6) is 0 Å². The summed E-state index contributed by atoms with van der Waals surface area (Å²) in [6.07, 6.45) is 1.01. The molecule has 0 bridgehead atoms. The second-order valence-corrected chi connectivity index (χ2v) is 7.34. The number of carbonyl (C=O) groups is 1. The SMILES string of the molecule is CC[C@@H](c1nnc(SCCNC(C)=O)n1Cc1ccccc1)[NH+](C)C.